The third-order valence-corrected chi connectivity index (χ3v) is 6.49. The number of para-hydroxylation sites is 2. The molecule has 0 saturated carbocycles. The van der Waals surface area contributed by atoms with E-state index in [1.807, 2.05) is 6.92 Å². The topological polar surface area (TPSA) is 114 Å². The minimum absolute atomic E-state index is 0.0357. The van der Waals surface area contributed by atoms with Crippen molar-refractivity contribution in [3.63, 3.8) is 0 Å². The summed E-state index contributed by atoms with van der Waals surface area (Å²) >= 11 is 0. The minimum atomic E-state index is -3.89. The lowest BCUT2D eigenvalue weighted by Gasteiger charge is -2.25. The Morgan fingerprint density at radius 1 is 1.12 bits per heavy atom. The summed E-state index contributed by atoms with van der Waals surface area (Å²) in [4.78, 5) is 27.0. The Labute approximate surface area is 194 Å². The van der Waals surface area contributed by atoms with Crippen LogP contribution in [-0.4, -0.2) is 59.2 Å². The van der Waals surface area contributed by atoms with E-state index in [0.717, 1.165) is 12.8 Å². The molecule has 1 aliphatic heterocycles. The van der Waals surface area contributed by atoms with Gasteiger partial charge in [0.05, 0.1) is 29.8 Å². The summed E-state index contributed by atoms with van der Waals surface area (Å²) < 4.78 is 38.5. The average Bonchev–Trinajstić information content (AvgIpc) is 3.35. The number of ether oxygens (including phenoxy) is 2. The van der Waals surface area contributed by atoms with Gasteiger partial charge in [-0.1, -0.05) is 30.3 Å². The predicted octanol–water partition coefficient (Wildman–Crippen LogP) is 1.69. The van der Waals surface area contributed by atoms with E-state index in [-0.39, 0.29) is 23.5 Å². The summed E-state index contributed by atoms with van der Waals surface area (Å²) in [7, 11) is -3.89. The van der Waals surface area contributed by atoms with Crippen LogP contribution in [0.1, 0.15) is 19.8 Å². The van der Waals surface area contributed by atoms with Crippen LogP contribution in [-0.2, 0) is 24.3 Å². The summed E-state index contributed by atoms with van der Waals surface area (Å²) in [5, 5.41) is 2.79. The first-order valence-corrected chi connectivity index (χ1v) is 12.3. The van der Waals surface area contributed by atoms with Crippen LogP contribution < -0.4 is 19.7 Å². The van der Waals surface area contributed by atoms with Gasteiger partial charge in [-0.3, -0.25) is 14.5 Å². The van der Waals surface area contributed by atoms with Gasteiger partial charge in [0.1, 0.15) is 12.3 Å². The maximum absolute atomic E-state index is 13.1. The Morgan fingerprint density at radius 2 is 1.85 bits per heavy atom. The molecule has 1 fully saturated rings. The largest absolute Gasteiger partial charge is 0.492 e. The highest BCUT2D eigenvalue weighted by molar-refractivity contribution is 7.89. The standard InChI is InChI=1S/C23H29N3O6S/c1-2-31-21-13-7-6-12-20(21)26(17-22(27)24-15-18-9-8-14-32-18)23(28)16-25-33(29,30)19-10-4-3-5-11-19/h3-7,10-13,18,25H,2,8-9,14-17H2,1H3,(H,24,27)/t18-/m0/s1. The van der Waals surface area contributed by atoms with Crippen molar-refractivity contribution in [1.29, 1.82) is 0 Å². The fourth-order valence-corrected chi connectivity index (χ4v) is 4.43. The lowest BCUT2D eigenvalue weighted by molar-refractivity contribution is -0.123. The van der Waals surface area contributed by atoms with Crippen LogP contribution in [0.5, 0.6) is 5.75 Å². The van der Waals surface area contributed by atoms with Gasteiger partial charge in [-0.2, -0.15) is 0 Å². The molecule has 0 aliphatic carbocycles. The highest BCUT2D eigenvalue weighted by Gasteiger charge is 2.25. The second-order valence-corrected chi connectivity index (χ2v) is 9.22. The third-order valence-electron chi connectivity index (χ3n) is 5.08. The summed E-state index contributed by atoms with van der Waals surface area (Å²) in [6.07, 6.45) is 1.79. The first-order valence-electron chi connectivity index (χ1n) is 10.9. The highest BCUT2D eigenvalue weighted by Crippen LogP contribution is 2.28. The molecule has 1 atom stereocenters. The average molecular weight is 476 g/mol. The van der Waals surface area contributed by atoms with Gasteiger partial charge < -0.3 is 14.8 Å². The third kappa shape index (κ3) is 7.01. The van der Waals surface area contributed by atoms with Gasteiger partial charge in [-0.15, -0.1) is 0 Å². The molecule has 2 amide bonds. The van der Waals surface area contributed by atoms with Gasteiger partial charge >= 0.3 is 0 Å². The second kappa shape index (κ2) is 11.8. The number of nitrogens with zero attached hydrogens (tertiary/aromatic N) is 1. The summed E-state index contributed by atoms with van der Waals surface area (Å²) in [6, 6.07) is 14.6. The van der Waals surface area contributed by atoms with Crippen LogP contribution in [0.15, 0.2) is 59.5 Å². The smallest absolute Gasteiger partial charge is 0.242 e. The molecular weight excluding hydrogens is 446 g/mol. The molecule has 1 saturated heterocycles. The number of amides is 2. The Bertz CT molecular complexity index is 1040. The molecule has 178 valence electrons. The number of carbonyl (C=O) groups is 2. The molecule has 2 aromatic rings. The van der Waals surface area contributed by atoms with E-state index in [4.69, 9.17) is 9.47 Å². The van der Waals surface area contributed by atoms with E-state index in [0.29, 0.717) is 31.2 Å². The van der Waals surface area contributed by atoms with Gasteiger partial charge in [0.2, 0.25) is 21.8 Å². The van der Waals surface area contributed by atoms with Gasteiger partial charge in [-0.05, 0) is 44.0 Å². The first kappa shape index (κ1) is 24.7. The zero-order chi connectivity index (χ0) is 23.7. The van der Waals surface area contributed by atoms with Crippen molar-refractivity contribution < 1.29 is 27.5 Å². The molecule has 3 rings (SSSR count). The van der Waals surface area contributed by atoms with E-state index in [1.54, 1.807) is 42.5 Å². The monoisotopic (exact) mass is 475 g/mol. The SMILES string of the molecule is CCOc1ccccc1N(CC(=O)NC[C@@H]1CCCO1)C(=O)CNS(=O)(=O)c1ccccc1. The number of carbonyl (C=O) groups excluding carboxylic acids is 2. The minimum Gasteiger partial charge on any atom is -0.492 e. The van der Waals surface area contributed by atoms with E-state index in [9.17, 15) is 18.0 Å². The van der Waals surface area contributed by atoms with Crippen molar-refractivity contribution in [1.82, 2.24) is 10.0 Å². The molecule has 33 heavy (non-hydrogen) atoms. The highest BCUT2D eigenvalue weighted by atomic mass is 32.2. The lowest BCUT2D eigenvalue weighted by atomic mass is 10.2. The fraction of sp³-hybridized carbons (Fsp3) is 0.391. The molecule has 1 heterocycles. The van der Waals surface area contributed by atoms with Crippen molar-refractivity contribution in [2.75, 3.05) is 37.7 Å². The maximum Gasteiger partial charge on any atom is 0.242 e. The zero-order valence-corrected chi connectivity index (χ0v) is 19.3. The van der Waals surface area contributed by atoms with E-state index < -0.39 is 22.5 Å². The van der Waals surface area contributed by atoms with Gasteiger partial charge in [0, 0.05) is 13.2 Å². The fourth-order valence-electron chi connectivity index (χ4n) is 3.43. The Balaban J connectivity index is 1.74. The molecule has 9 nitrogen and oxygen atoms in total. The lowest BCUT2D eigenvalue weighted by Crippen LogP contribution is -2.46. The molecule has 0 spiro atoms. The predicted molar refractivity (Wildman–Crippen MR) is 124 cm³/mol. The number of hydrogen-bond acceptors (Lipinski definition) is 6. The summed E-state index contributed by atoms with van der Waals surface area (Å²) in [5.41, 5.74) is 0.385. The Hall–Kier alpha value is -2.95. The molecule has 0 radical (unpaired) electrons. The Kier molecular flexibility index (Phi) is 8.81. The first-order chi connectivity index (χ1) is 15.9. The van der Waals surface area contributed by atoms with Crippen LogP contribution in [0.4, 0.5) is 5.69 Å². The summed E-state index contributed by atoms with van der Waals surface area (Å²) in [6.45, 7) is 2.40. The van der Waals surface area contributed by atoms with E-state index in [2.05, 4.69) is 10.0 Å². The van der Waals surface area contributed by atoms with E-state index in [1.165, 1.54) is 17.0 Å². The molecule has 1 aliphatic rings. The number of anilines is 1. The molecule has 2 aromatic carbocycles. The molecule has 2 N–H and O–H groups in total. The van der Waals surface area contributed by atoms with E-state index >= 15 is 0 Å². The molecular formula is C23H29N3O6S. The maximum atomic E-state index is 13.1. The molecule has 0 unspecified atom stereocenters. The number of sulfonamides is 1. The molecule has 10 heteroatoms. The van der Waals surface area contributed by atoms with Crippen LogP contribution in [0.25, 0.3) is 0 Å². The van der Waals surface area contributed by atoms with Crippen LogP contribution in [0.3, 0.4) is 0 Å². The van der Waals surface area contributed by atoms with Crippen molar-refractivity contribution in [2.24, 2.45) is 0 Å². The number of rotatable bonds is 11. The van der Waals surface area contributed by atoms with Crippen LogP contribution in [0.2, 0.25) is 0 Å². The normalized spacial score (nSPS) is 15.7. The zero-order valence-electron chi connectivity index (χ0n) is 18.5. The number of benzene rings is 2. The number of nitrogens with one attached hydrogen (secondary N) is 2. The van der Waals surface area contributed by atoms with Gasteiger partial charge in [-0.25, -0.2) is 13.1 Å². The van der Waals surface area contributed by atoms with Gasteiger partial charge in [0.25, 0.3) is 0 Å². The van der Waals surface area contributed by atoms with Crippen molar-refractivity contribution in [2.45, 2.75) is 30.8 Å². The molecule has 0 aromatic heterocycles. The Morgan fingerprint density at radius 3 is 2.55 bits per heavy atom. The summed E-state index contributed by atoms with van der Waals surface area (Å²) in [5.74, 6) is -0.545. The second-order valence-electron chi connectivity index (χ2n) is 7.46. The number of hydrogen-bond donors (Lipinski definition) is 2. The van der Waals surface area contributed by atoms with Crippen LogP contribution >= 0.6 is 0 Å². The van der Waals surface area contributed by atoms with Gasteiger partial charge in [0.15, 0.2) is 0 Å². The molecule has 0 bridgehead atoms. The van der Waals surface area contributed by atoms with Crippen LogP contribution in [0, 0.1) is 0 Å². The quantitative estimate of drug-likeness (QED) is 0.511. The van der Waals surface area contributed by atoms with Crippen molar-refractivity contribution >= 4 is 27.5 Å². The van der Waals surface area contributed by atoms with Crippen molar-refractivity contribution in [3.8, 4) is 5.75 Å². The van der Waals surface area contributed by atoms with Crippen molar-refractivity contribution in [3.05, 3.63) is 54.6 Å².